The smallest absolute Gasteiger partial charge is 0.266 e. The maximum absolute atomic E-state index is 12.9. The Kier molecular flexibility index (Phi) is 6.49. The van der Waals surface area contributed by atoms with Gasteiger partial charge < -0.3 is 10.1 Å². The summed E-state index contributed by atoms with van der Waals surface area (Å²) in [7, 11) is 0. The number of ether oxygens (including phenoxy) is 1. The molecule has 1 N–H and O–H groups in total. The number of rotatable bonds is 6. The van der Waals surface area contributed by atoms with E-state index < -0.39 is 11.7 Å². The third-order valence-electron chi connectivity index (χ3n) is 3.10. The number of benzene rings is 2. The van der Waals surface area contributed by atoms with E-state index in [0.29, 0.717) is 23.6 Å². The zero-order valence-corrected chi connectivity index (χ0v) is 14.7. The van der Waals surface area contributed by atoms with Crippen LogP contribution in [0.15, 0.2) is 65.2 Å². The second-order valence-corrected chi connectivity index (χ2v) is 5.83. The highest BCUT2D eigenvalue weighted by atomic mass is 79.9. The van der Waals surface area contributed by atoms with E-state index in [4.69, 9.17) is 4.74 Å². The molecule has 0 bridgehead atoms. The molecule has 4 nitrogen and oxygen atoms in total. The number of halogens is 2. The molecule has 0 radical (unpaired) electrons. The van der Waals surface area contributed by atoms with Crippen LogP contribution >= 0.6 is 15.9 Å². The van der Waals surface area contributed by atoms with Crippen LogP contribution in [-0.2, 0) is 4.79 Å². The maximum Gasteiger partial charge on any atom is 0.266 e. The van der Waals surface area contributed by atoms with Crippen LogP contribution in [0.1, 0.15) is 5.56 Å². The molecule has 0 saturated heterocycles. The van der Waals surface area contributed by atoms with Crippen molar-refractivity contribution in [2.24, 2.45) is 0 Å². The van der Waals surface area contributed by atoms with E-state index in [1.807, 2.05) is 6.07 Å². The topological polar surface area (TPSA) is 62.1 Å². The number of carbonyl (C=O) groups excluding carboxylic acids is 1. The Morgan fingerprint density at radius 3 is 2.68 bits per heavy atom. The lowest BCUT2D eigenvalue weighted by Gasteiger charge is -2.09. The van der Waals surface area contributed by atoms with E-state index >= 15 is 0 Å². The molecule has 126 valence electrons. The fraction of sp³-hybridized carbons (Fsp3) is 0.0526. The van der Waals surface area contributed by atoms with Gasteiger partial charge in [-0.2, -0.15) is 5.26 Å². The van der Waals surface area contributed by atoms with Gasteiger partial charge in [0.25, 0.3) is 5.91 Å². The molecule has 2 rings (SSSR count). The number of anilines is 1. The molecule has 0 heterocycles. The van der Waals surface area contributed by atoms with Crippen molar-refractivity contribution in [3.05, 3.63) is 76.5 Å². The molecule has 0 aliphatic heterocycles. The van der Waals surface area contributed by atoms with Gasteiger partial charge in [-0.25, -0.2) is 4.39 Å². The Labute approximate surface area is 153 Å². The predicted octanol–water partition coefficient (Wildman–Crippen LogP) is 4.70. The van der Waals surface area contributed by atoms with E-state index in [2.05, 4.69) is 27.8 Å². The SMILES string of the molecule is C=CCOc1ccc(Br)cc1C=C(C#N)C(=O)Nc1ccc(F)cc1. The average molecular weight is 401 g/mol. The summed E-state index contributed by atoms with van der Waals surface area (Å²) in [6, 6.07) is 12.4. The lowest BCUT2D eigenvalue weighted by atomic mass is 10.1. The quantitative estimate of drug-likeness (QED) is 0.434. The molecule has 0 saturated carbocycles. The van der Waals surface area contributed by atoms with Crippen LogP contribution in [-0.4, -0.2) is 12.5 Å². The zero-order chi connectivity index (χ0) is 18.2. The van der Waals surface area contributed by atoms with Crippen molar-refractivity contribution in [2.75, 3.05) is 11.9 Å². The van der Waals surface area contributed by atoms with Gasteiger partial charge in [-0.05, 0) is 48.5 Å². The van der Waals surface area contributed by atoms with Crippen LogP contribution in [0.5, 0.6) is 5.75 Å². The fourth-order valence-corrected chi connectivity index (χ4v) is 2.33. The van der Waals surface area contributed by atoms with Gasteiger partial charge in [0.2, 0.25) is 0 Å². The molecule has 2 aromatic rings. The van der Waals surface area contributed by atoms with Crippen molar-refractivity contribution in [3.63, 3.8) is 0 Å². The van der Waals surface area contributed by atoms with Crippen LogP contribution in [0.3, 0.4) is 0 Å². The van der Waals surface area contributed by atoms with Gasteiger partial charge in [0.15, 0.2) is 0 Å². The van der Waals surface area contributed by atoms with Gasteiger partial charge in [-0.1, -0.05) is 28.6 Å². The summed E-state index contributed by atoms with van der Waals surface area (Å²) >= 11 is 3.35. The Balaban J connectivity index is 2.28. The van der Waals surface area contributed by atoms with E-state index in [1.54, 1.807) is 24.3 Å². The predicted molar refractivity (Wildman–Crippen MR) is 98.5 cm³/mol. The monoisotopic (exact) mass is 400 g/mol. The van der Waals surface area contributed by atoms with Crippen LogP contribution in [0.4, 0.5) is 10.1 Å². The highest BCUT2D eigenvalue weighted by molar-refractivity contribution is 9.10. The average Bonchev–Trinajstić information content (AvgIpc) is 2.60. The minimum absolute atomic E-state index is 0.106. The molecule has 0 unspecified atom stereocenters. The summed E-state index contributed by atoms with van der Waals surface area (Å²) in [6.07, 6.45) is 3.03. The number of carbonyl (C=O) groups is 1. The molecule has 1 amide bonds. The first-order chi connectivity index (χ1) is 12.0. The number of nitrogens with one attached hydrogen (secondary N) is 1. The van der Waals surface area contributed by atoms with Crippen molar-refractivity contribution in [2.45, 2.75) is 0 Å². The van der Waals surface area contributed by atoms with Gasteiger partial charge in [-0.3, -0.25) is 4.79 Å². The van der Waals surface area contributed by atoms with Gasteiger partial charge in [0.1, 0.15) is 29.8 Å². The highest BCUT2D eigenvalue weighted by Crippen LogP contribution is 2.26. The highest BCUT2D eigenvalue weighted by Gasteiger charge is 2.12. The van der Waals surface area contributed by atoms with Crippen molar-refractivity contribution in [1.82, 2.24) is 0 Å². The number of hydrogen-bond donors (Lipinski definition) is 1. The van der Waals surface area contributed by atoms with E-state index in [9.17, 15) is 14.4 Å². The van der Waals surface area contributed by atoms with Crippen molar-refractivity contribution in [3.8, 4) is 11.8 Å². The number of amides is 1. The van der Waals surface area contributed by atoms with Gasteiger partial charge in [-0.15, -0.1) is 0 Å². The minimum Gasteiger partial charge on any atom is -0.489 e. The minimum atomic E-state index is -0.594. The Hall–Kier alpha value is -2.91. The zero-order valence-electron chi connectivity index (χ0n) is 13.1. The van der Waals surface area contributed by atoms with E-state index in [-0.39, 0.29) is 5.57 Å². The van der Waals surface area contributed by atoms with Crippen LogP contribution < -0.4 is 10.1 Å². The van der Waals surface area contributed by atoms with Crippen LogP contribution in [0.2, 0.25) is 0 Å². The Morgan fingerprint density at radius 2 is 2.04 bits per heavy atom. The first-order valence-corrected chi connectivity index (χ1v) is 8.04. The molecule has 0 aliphatic carbocycles. The summed E-state index contributed by atoms with van der Waals surface area (Å²) in [5.74, 6) is -0.485. The molecule has 0 aliphatic rings. The van der Waals surface area contributed by atoms with E-state index in [1.165, 1.54) is 30.3 Å². The summed E-state index contributed by atoms with van der Waals surface area (Å²) < 4.78 is 19.2. The number of nitrogens with zero attached hydrogens (tertiary/aromatic N) is 1. The fourth-order valence-electron chi connectivity index (χ4n) is 1.95. The van der Waals surface area contributed by atoms with Gasteiger partial charge in [0.05, 0.1) is 0 Å². The summed E-state index contributed by atoms with van der Waals surface area (Å²) in [6.45, 7) is 3.89. The summed E-state index contributed by atoms with van der Waals surface area (Å²) in [5.41, 5.74) is 0.859. The molecule has 0 atom stereocenters. The third-order valence-corrected chi connectivity index (χ3v) is 3.59. The molecule has 6 heteroatoms. The van der Waals surface area contributed by atoms with Crippen LogP contribution in [0, 0.1) is 17.1 Å². The second-order valence-electron chi connectivity index (χ2n) is 4.91. The molecule has 2 aromatic carbocycles. The molecular formula is C19H14BrFN2O2. The first-order valence-electron chi connectivity index (χ1n) is 7.25. The first kappa shape index (κ1) is 18.4. The van der Waals surface area contributed by atoms with Gasteiger partial charge in [0, 0.05) is 15.7 Å². The molecule has 0 spiro atoms. The lowest BCUT2D eigenvalue weighted by Crippen LogP contribution is -2.13. The molecule has 0 aromatic heterocycles. The third kappa shape index (κ3) is 5.30. The largest absolute Gasteiger partial charge is 0.489 e. The maximum atomic E-state index is 12.9. The Bertz CT molecular complexity index is 855. The van der Waals surface area contributed by atoms with Crippen molar-refractivity contribution < 1.29 is 13.9 Å². The normalized spacial score (nSPS) is 10.7. The molecule has 25 heavy (non-hydrogen) atoms. The summed E-state index contributed by atoms with van der Waals surface area (Å²) in [5, 5.41) is 11.9. The van der Waals surface area contributed by atoms with E-state index in [0.717, 1.165) is 4.47 Å². The van der Waals surface area contributed by atoms with Gasteiger partial charge >= 0.3 is 0 Å². The second kappa shape index (κ2) is 8.81. The molecular weight excluding hydrogens is 387 g/mol. The standard InChI is InChI=1S/C19H14BrFN2O2/c1-2-9-25-18-8-3-15(20)11-13(18)10-14(12-22)19(24)23-17-6-4-16(21)5-7-17/h2-8,10-11H,1,9H2,(H,23,24). The number of nitriles is 1. The van der Waals surface area contributed by atoms with Crippen LogP contribution in [0.25, 0.3) is 6.08 Å². The molecule has 0 fully saturated rings. The Morgan fingerprint density at radius 1 is 1.32 bits per heavy atom. The summed E-state index contributed by atoms with van der Waals surface area (Å²) in [4.78, 5) is 12.3. The lowest BCUT2D eigenvalue weighted by molar-refractivity contribution is -0.112. The number of hydrogen-bond acceptors (Lipinski definition) is 3. The van der Waals surface area contributed by atoms with Crippen molar-refractivity contribution in [1.29, 1.82) is 5.26 Å². The van der Waals surface area contributed by atoms with Crippen molar-refractivity contribution >= 4 is 33.6 Å².